The molecule has 0 fully saturated rings. The zero-order valence-electron chi connectivity index (χ0n) is 12.7. The van der Waals surface area contributed by atoms with E-state index in [-0.39, 0.29) is 4.90 Å². The zero-order valence-corrected chi connectivity index (χ0v) is 13.5. The van der Waals surface area contributed by atoms with Crippen LogP contribution in [0.1, 0.15) is 16.7 Å². The quantitative estimate of drug-likeness (QED) is 0.773. The Morgan fingerprint density at radius 2 is 1.78 bits per heavy atom. The number of aromatic nitrogens is 1. The molecule has 0 radical (unpaired) electrons. The molecule has 5 nitrogen and oxygen atoms in total. The van der Waals surface area contributed by atoms with Crippen LogP contribution in [0.5, 0.6) is 0 Å². The number of benzene rings is 2. The van der Waals surface area contributed by atoms with Crippen molar-refractivity contribution in [3.05, 3.63) is 59.3 Å². The molecule has 1 heterocycles. The maximum Gasteiger partial charge on any atom is 0.261 e. The van der Waals surface area contributed by atoms with Gasteiger partial charge in [0.15, 0.2) is 0 Å². The second-order valence-electron chi connectivity index (χ2n) is 5.41. The van der Waals surface area contributed by atoms with Crippen LogP contribution in [0.4, 0.5) is 5.69 Å². The number of anilines is 1. The first-order chi connectivity index (χ1) is 10.9. The normalized spacial score (nSPS) is 11.3. The van der Waals surface area contributed by atoms with Gasteiger partial charge in [-0.25, -0.2) is 8.42 Å². The number of nitrogens with one attached hydrogen (secondary N) is 2. The van der Waals surface area contributed by atoms with Crippen LogP contribution in [0.25, 0.3) is 10.9 Å². The van der Waals surface area contributed by atoms with Gasteiger partial charge in [-0.3, -0.25) is 4.72 Å². The number of hydrogen-bond acceptors (Lipinski definition) is 3. The smallest absolute Gasteiger partial charge is 0.261 e. The molecule has 0 spiro atoms. The number of aromatic amines is 1. The third kappa shape index (κ3) is 2.67. The number of hydrogen-bond donors (Lipinski definition) is 2. The third-order valence-corrected chi connectivity index (χ3v) is 5.12. The predicted molar refractivity (Wildman–Crippen MR) is 89.7 cm³/mol. The second-order valence-corrected chi connectivity index (χ2v) is 7.10. The minimum Gasteiger partial charge on any atom is -0.358 e. The number of nitrogens with zero attached hydrogens (tertiary/aromatic N) is 1. The largest absolute Gasteiger partial charge is 0.358 e. The molecule has 1 aromatic heterocycles. The lowest BCUT2D eigenvalue weighted by Crippen LogP contribution is -2.13. The average molecular weight is 325 g/mol. The van der Waals surface area contributed by atoms with E-state index in [4.69, 9.17) is 5.26 Å². The summed E-state index contributed by atoms with van der Waals surface area (Å²) in [5.41, 5.74) is 3.43. The van der Waals surface area contributed by atoms with Crippen molar-refractivity contribution in [1.29, 1.82) is 5.26 Å². The molecule has 2 aromatic carbocycles. The Balaban J connectivity index is 2.08. The highest BCUT2D eigenvalue weighted by atomic mass is 32.2. The van der Waals surface area contributed by atoms with Crippen molar-refractivity contribution in [3.8, 4) is 6.07 Å². The summed E-state index contributed by atoms with van der Waals surface area (Å²) in [6.45, 7) is 3.78. The number of fused-ring (bicyclic) bond motifs is 1. The lowest BCUT2D eigenvalue weighted by Gasteiger charge is -2.10. The SMILES string of the molecule is Cc1ccc(S(=O)(=O)Nc2ccc(C)c3c(C#N)c[nH]c23)cc1. The summed E-state index contributed by atoms with van der Waals surface area (Å²) in [7, 11) is -3.68. The third-order valence-electron chi connectivity index (χ3n) is 3.74. The van der Waals surface area contributed by atoms with Crippen molar-refractivity contribution in [2.75, 3.05) is 4.72 Å². The molecule has 116 valence electrons. The highest BCUT2D eigenvalue weighted by molar-refractivity contribution is 7.92. The maximum atomic E-state index is 12.5. The number of H-pyrrole nitrogens is 1. The molecule has 0 aliphatic rings. The van der Waals surface area contributed by atoms with Gasteiger partial charge in [0.05, 0.1) is 21.7 Å². The van der Waals surface area contributed by atoms with E-state index >= 15 is 0 Å². The fourth-order valence-corrected chi connectivity index (χ4v) is 3.59. The van der Waals surface area contributed by atoms with Gasteiger partial charge in [0.1, 0.15) is 6.07 Å². The molecular weight excluding hydrogens is 310 g/mol. The maximum absolute atomic E-state index is 12.5. The summed E-state index contributed by atoms with van der Waals surface area (Å²) in [6.07, 6.45) is 1.58. The number of rotatable bonds is 3. The summed E-state index contributed by atoms with van der Waals surface area (Å²) in [6, 6.07) is 12.2. The van der Waals surface area contributed by atoms with Crippen LogP contribution in [0.2, 0.25) is 0 Å². The van der Waals surface area contributed by atoms with E-state index in [1.54, 1.807) is 42.6 Å². The Labute approximate surface area is 134 Å². The van der Waals surface area contributed by atoms with Gasteiger partial charge < -0.3 is 4.98 Å². The van der Waals surface area contributed by atoms with Crippen molar-refractivity contribution < 1.29 is 8.42 Å². The van der Waals surface area contributed by atoms with Crippen LogP contribution >= 0.6 is 0 Å². The molecule has 0 unspecified atom stereocenters. The highest BCUT2D eigenvalue weighted by Gasteiger charge is 2.17. The molecule has 0 bridgehead atoms. The molecule has 0 saturated heterocycles. The van der Waals surface area contributed by atoms with E-state index in [9.17, 15) is 8.42 Å². The molecule has 3 aromatic rings. The fourth-order valence-electron chi connectivity index (χ4n) is 2.51. The highest BCUT2D eigenvalue weighted by Crippen LogP contribution is 2.29. The minimum absolute atomic E-state index is 0.198. The molecular formula is C17H15N3O2S. The lowest BCUT2D eigenvalue weighted by atomic mass is 10.1. The molecule has 2 N–H and O–H groups in total. The van der Waals surface area contributed by atoms with Crippen molar-refractivity contribution in [3.63, 3.8) is 0 Å². The van der Waals surface area contributed by atoms with Gasteiger partial charge >= 0.3 is 0 Å². The summed E-state index contributed by atoms with van der Waals surface area (Å²) >= 11 is 0. The van der Waals surface area contributed by atoms with Crippen LogP contribution in [0, 0.1) is 25.2 Å². The van der Waals surface area contributed by atoms with E-state index in [0.717, 1.165) is 16.5 Å². The molecule has 0 aliphatic heterocycles. The molecule has 0 aliphatic carbocycles. The molecule has 3 rings (SSSR count). The van der Waals surface area contributed by atoms with Gasteiger partial charge in [-0.2, -0.15) is 5.26 Å². The first-order valence-corrected chi connectivity index (χ1v) is 8.51. The first-order valence-electron chi connectivity index (χ1n) is 7.02. The summed E-state index contributed by atoms with van der Waals surface area (Å²) in [5.74, 6) is 0. The summed E-state index contributed by atoms with van der Waals surface area (Å²) in [5, 5.41) is 9.90. The number of aryl methyl sites for hydroxylation is 2. The van der Waals surface area contributed by atoms with Crippen molar-refractivity contribution in [2.45, 2.75) is 18.7 Å². The number of sulfonamides is 1. The Morgan fingerprint density at radius 1 is 1.09 bits per heavy atom. The molecule has 6 heteroatoms. The van der Waals surface area contributed by atoms with Crippen molar-refractivity contribution in [1.82, 2.24) is 4.98 Å². The van der Waals surface area contributed by atoms with E-state index in [0.29, 0.717) is 16.8 Å². The fraction of sp³-hybridized carbons (Fsp3) is 0.118. The van der Waals surface area contributed by atoms with Crippen LogP contribution in [-0.2, 0) is 10.0 Å². The van der Waals surface area contributed by atoms with E-state index < -0.39 is 10.0 Å². The second kappa shape index (κ2) is 5.45. The Bertz CT molecular complexity index is 1030. The van der Waals surface area contributed by atoms with Crippen LogP contribution in [0.3, 0.4) is 0 Å². The minimum atomic E-state index is -3.68. The lowest BCUT2D eigenvalue weighted by molar-refractivity contribution is 0.601. The van der Waals surface area contributed by atoms with Gasteiger partial charge in [0, 0.05) is 11.6 Å². The topological polar surface area (TPSA) is 85.8 Å². The Kier molecular flexibility index (Phi) is 3.58. The standard InChI is InChI=1S/C17H15N3O2S/c1-11-3-6-14(7-4-11)23(21,22)20-15-8-5-12(2)16-13(9-18)10-19-17(15)16/h3-8,10,19-20H,1-2H3. The Morgan fingerprint density at radius 3 is 2.43 bits per heavy atom. The zero-order chi connectivity index (χ0) is 16.6. The average Bonchev–Trinajstić information content (AvgIpc) is 2.95. The Hall–Kier alpha value is -2.78. The van der Waals surface area contributed by atoms with Crippen molar-refractivity contribution in [2.24, 2.45) is 0 Å². The summed E-state index contributed by atoms with van der Waals surface area (Å²) < 4.78 is 27.6. The van der Waals surface area contributed by atoms with Crippen molar-refractivity contribution >= 4 is 26.6 Å². The van der Waals surface area contributed by atoms with Gasteiger partial charge in [0.25, 0.3) is 10.0 Å². The first kappa shape index (κ1) is 15.1. The monoisotopic (exact) mass is 325 g/mol. The van der Waals surface area contributed by atoms with Gasteiger partial charge in [0.2, 0.25) is 0 Å². The molecule has 0 amide bonds. The molecule has 0 atom stereocenters. The molecule has 0 saturated carbocycles. The molecule has 23 heavy (non-hydrogen) atoms. The van der Waals surface area contributed by atoms with Gasteiger partial charge in [-0.1, -0.05) is 23.8 Å². The van der Waals surface area contributed by atoms with E-state index in [2.05, 4.69) is 15.8 Å². The van der Waals surface area contributed by atoms with Gasteiger partial charge in [-0.15, -0.1) is 0 Å². The van der Waals surface area contributed by atoms with Crippen LogP contribution in [-0.4, -0.2) is 13.4 Å². The van der Waals surface area contributed by atoms with E-state index in [1.807, 2.05) is 13.8 Å². The predicted octanol–water partition coefficient (Wildman–Crippen LogP) is 3.46. The summed E-state index contributed by atoms with van der Waals surface area (Å²) in [4.78, 5) is 3.18. The number of nitriles is 1. The van der Waals surface area contributed by atoms with Gasteiger partial charge in [-0.05, 0) is 37.6 Å². The van der Waals surface area contributed by atoms with Crippen LogP contribution < -0.4 is 4.72 Å². The van der Waals surface area contributed by atoms with E-state index in [1.165, 1.54) is 0 Å². The van der Waals surface area contributed by atoms with Crippen LogP contribution in [0.15, 0.2) is 47.5 Å².